The van der Waals surface area contributed by atoms with E-state index < -0.39 is 10.0 Å². The van der Waals surface area contributed by atoms with Gasteiger partial charge in [-0.1, -0.05) is 13.8 Å². The van der Waals surface area contributed by atoms with Crippen LogP contribution in [0, 0.1) is 0 Å². The molecule has 1 unspecified atom stereocenters. The molecular formula is C14H27N3O2S2. The van der Waals surface area contributed by atoms with Crippen LogP contribution in [0.25, 0.3) is 0 Å². The van der Waals surface area contributed by atoms with Crippen molar-refractivity contribution in [2.24, 2.45) is 0 Å². The van der Waals surface area contributed by atoms with Crippen molar-refractivity contribution in [1.29, 1.82) is 0 Å². The van der Waals surface area contributed by atoms with Crippen molar-refractivity contribution >= 4 is 21.4 Å². The highest BCUT2D eigenvalue weighted by molar-refractivity contribution is 7.89. The minimum atomic E-state index is -3.23. The van der Waals surface area contributed by atoms with Crippen molar-refractivity contribution in [3.05, 3.63) is 16.1 Å². The monoisotopic (exact) mass is 333 g/mol. The Hall–Kier alpha value is -0.500. The molecule has 0 aliphatic carbocycles. The lowest BCUT2D eigenvalue weighted by molar-refractivity contribution is 0.559. The van der Waals surface area contributed by atoms with Crippen molar-refractivity contribution < 1.29 is 8.42 Å². The summed E-state index contributed by atoms with van der Waals surface area (Å²) in [6.07, 6.45) is 5.42. The molecule has 0 saturated carbocycles. The number of nitrogens with zero attached hydrogens (tertiary/aromatic N) is 1. The number of thiazole rings is 1. The second kappa shape index (κ2) is 9.50. The molecule has 0 aliphatic rings. The summed E-state index contributed by atoms with van der Waals surface area (Å²) in [6.45, 7) is 7.90. The third kappa shape index (κ3) is 7.35. The van der Waals surface area contributed by atoms with Gasteiger partial charge in [-0.2, -0.15) is 0 Å². The zero-order chi connectivity index (χ0) is 15.7. The van der Waals surface area contributed by atoms with E-state index >= 15 is 0 Å². The molecule has 21 heavy (non-hydrogen) atoms. The summed E-state index contributed by atoms with van der Waals surface area (Å²) < 4.78 is 26.8. The van der Waals surface area contributed by atoms with Gasteiger partial charge in [-0.3, -0.25) is 0 Å². The van der Waals surface area contributed by atoms with Gasteiger partial charge in [0.25, 0.3) is 0 Å². The summed E-state index contributed by atoms with van der Waals surface area (Å²) in [5.74, 6) is 0.178. The highest BCUT2D eigenvalue weighted by Gasteiger charge is 2.17. The van der Waals surface area contributed by atoms with E-state index in [0.717, 1.165) is 37.4 Å². The second-order valence-electron chi connectivity index (χ2n) is 5.13. The highest BCUT2D eigenvalue weighted by atomic mass is 32.2. The summed E-state index contributed by atoms with van der Waals surface area (Å²) in [5.41, 5.74) is 0. The van der Waals surface area contributed by atoms with Crippen LogP contribution in [0.1, 0.15) is 56.0 Å². The Labute approximate surface area is 132 Å². The fraction of sp³-hybridized carbons (Fsp3) is 0.786. The Morgan fingerprint density at radius 1 is 1.29 bits per heavy atom. The first-order valence-electron chi connectivity index (χ1n) is 7.63. The van der Waals surface area contributed by atoms with E-state index in [0.29, 0.717) is 6.42 Å². The quantitative estimate of drug-likeness (QED) is 0.610. The Morgan fingerprint density at radius 2 is 2.05 bits per heavy atom. The van der Waals surface area contributed by atoms with Crippen molar-refractivity contribution in [2.75, 3.05) is 18.8 Å². The number of unbranched alkanes of at least 4 members (excludes halogenated alkanes) is 1. The van der Waals surface area contributed by atoms with Crippen molar-refractivity contribution in [1.82, 2.24) is 15.0 Å². The molecule has 0 saturated heterocycles. The Bertz CT molecular complexity index is 500. The fourth-order valence-corrected chi connectivity index (χ4v) is 4.20. The molecule has 1 heterocycles. The third-order valence-corrected chi connectivity index (χ3v) is 5.95. The summed E-state index contributed by atoms with van der Waals surface area (Å²) in [5, 5.41) is 4.11. The highest BCUT2D eigenvalue weighted by Crippen LogP contribution is 2.20. The maximum atomic E-state index is 12.0. The standard InChI is InChI=1S/C14H27N3O2S2/c1-4-8-15-9-6-7-10-21(18,19)17-12(3)14-16-11-13(5-2)20-14/h11-12,15,17H,4-10H2,1-3H3. The smallest absolute Gasteiger partial charge is 0.212 e. The lowest BCUT2D eigenvalue weighted by atomic mass is 10.3. The van der Waals surface area contributed by atoms with Crippen LogP contribution in [-0.2, 0) is 16.4 Å². The van der Waals surface area contributed by atoms with Gasteiger partial charge in [-0.05, 0) is 45.7 Å². The molecule has 5 nitrogen and oxygen atoms in total. The van der Waals surface area contributed by atoms with E-state index in [9.17, 15) is 8.42 Å². The van der Waals surface area contributed by atoms with Gasteiger partial charge in [0.15, 0.2) is 0 Å². The van der Waals surface area contributed by atoms with Gasteiger partial charge in [0.2, 0.25) is 10.0 Å². The number of hydrogen-bond acceptors (Lipinski definition) is 5. The van der Waals surface area contributed by atoms with Gasteiger partial charge in [-0.25, -0.2) is 18.1 Å². The van der Waals surface area contributed by atoms with Crippen LogP contribution >= 0.6 is 11.3 Å². The average Bonchev–Trinajstić information content (AvgIpc) is 2.91. The van der Waals surface area contributed by atoms with Crippen LogP contribution in [0.15, 0.2) is 6.20 Å². The van der Waals surface area contributed by atoms with E-state index in [2.05, 4.69) is 28.9 Å². The lowest BCUT2D eigenvalue weighted by Crippen LogP contribution is -2.29. The van der Waals surface area contributed by atoms with Crippen molar-refractivity contribution in [3.8, 4) is 0 Å². The first-order valence-corrected chi connectivity index (χ1v) is 10.1. The molecule has 0 bridgehead atoms. The fourth-order valence-electron chi connectivity index (χ4n) is 1.91. The van der Waals surface area contributed by atoms with Crippen LogP contribution in [0.3, 0.4) is 0 Å². The molecule has 0 aromatic carbocycles. The second-order valence-corrected chi connectivity index (χ2v) is 8.15. The van der Waals surface area contributed by atoms with Gasteiger partial charge < -0.3 is 5.32 Å². The first-order chi connectivity index (χ1) is 9.98. The lowest BCUT2D eigenvalue weighted by Gasteiger charge is -2.12. The van der Waals surface area contributed by atoms with E-state index in [1.165, 1.54) is 4.88 Å². The van der Waals surface area contributed by atoms with Crippen LogP contribution < -0.4 is 10.0 Å². The van der Waals surface area contributed by atoms with Crippen LogP contribution in [0.4, 0.5) is 0 Å². The maximum Gasteiger partial charge on any atom is 0.212 e. The summed E-state index contributed by atoms with van der Waals surface area (Å²) in [7, 11) is -3.23. The Morgan fingerprint density at radius 3 is 2.67 bits per heavy atom. The first kappa shape index (κ1) is 18.5. The molecular weight excluding hydrogens is 306 g/mol. The average molecular weight is 334 g/mol. The molecule has 0 fully saturated rings. The van der Waals surface area contributed by atoms with E-state index in [1.54, 1.807) is 11.3 Å². The predicted octanol–water partition coefficient (Wildman–Crippen LogP) is 2.47. The molecule has 1 aromatic rings. The summed E-state index contributed by atoms with van der Waals surface area (Å²) >= 11 is 1.57. The minimum absolute atomic E-state index is 0.178. The number of aryl methyl sites for hydroxylation is 1. The molecule has 122 valence electrons. The van der Waals surface area contributed by atoms with Crippen LogP contribution in [0.5, 0.6) is 0 Å². The van der Waals surface area contributed by atoms with Gasteiger partial charge in [0.05, 0.1) is 11.8 Å². The topological polar surface area (TPSA) is 71.1 Å². The molecule has 1 atom stereocenters. The van der Waals surface area contributed by atoms with Crippen LogP contribution in [0.2, 0.25) is 0 Å². The molecule has 1 rings (SSSR count). The minimum Gasteiger partial charge on any atom is -0.317 e. The Balaban J connectivity index is 2.34. The van der Waals surface area contributed by atoms with E-state index in [-0.39, 0.29) is 11.8 Å². The van der Waals surface area contributed by atoms with Gasteiger partial charge >= 0.3 is 0 Å². The normalized spacial score (nSPS) is 13.5. The number of nitrogens with one attached hydrogen (secondary N) is 2. The SMILES string of the molecule is CCCNCCCCS(=O)(=O)NC(C)c1ncc(CC)s1. The number of aromatic nitrogens is 1. The van der Waals surface area contributed by atoms with E-state index in [4.69, 9.17) is 0 Å². The zero-order valence-corrected chi connectivity index (χ0v) is 14.8. The van der Waals surface area contributed by atoms with E-state index in [1.807, 2.05) is 13.1 Å². The molecule has 2 N–H and O–H groups in total. The van der Waals surface area contributed by atoms with Crippen molar-refractivity contribution in [2.45, 2.75) is 52.5 Å². The van der Waals surface area contributed by atoms with Gasteiger partial charge in [0, 0.05) is 11.1 Å². The Kier molecular flexibility index (Phi) is 8.39. The predicted molar refractivity (Wildman–Crippen MR) is 89.2 cm³/mol. The summed E-state index contributed by atoms with van der Waals surface area (Å²) in [6, 6.07) is -0.251. The summed E-state index contributed by atoms with van der Waals surface area (Å²) in [4.78, 5) is 5.46. The molecule has 0 radical (unpaired) electrons. The zero-order valence-electron chi connectivity index (χ0n) is 13.2. The molecule has 1 aromatic heterocycles. The number of hydrogen-bond donors (Lipinski definition) is 2. The van der Waals surface area contributed by atoms with Crippen molar-refractivity contribution in [3.63, 3.8) is 0 Å². The maximum absolute atomic E-state index is 12.0. The van der Waals surface area contributed by atoms with Gasteiger partial charge in [0.1, 0.15) is 5.01 Å². The van der Waals surface area contributed by atoms with Gasteiger partial charge in [-0.15, -0.1) is 11.3 Å². The number of sulfonamides is 1. The largest absolute Gasteiger partial charge is 0.317 e. The molecule has 0 spiro atoms. The molecule has 0 amide bonds. The molecule has 7 heteroatoms. The molecule has 0 aliphatic heterocycles. The third-order valence-electron chi connectivity index (χ3n) is 3.09. The number of rotatable bonds is 11. The van der Waals surface area contributed by atoms with Crippen LogP contribution in [-0.4, -0.2) is 32.2 Å².